The molecule has 5 rings (SSSR count). The average Bonchev–Trinajstić information content (AvgIpc) is 3.34. The summed E-state index contributed by atoms with van der Waals surface area (Å²) in [7, 11) is 0. The number of aryl methyl sites for hydroxylation is 1. The number of carbonyl (C=O) groups excluding carboxylic acids is 1. The summed E-state index contributed by atoms with van der Waals surface area (Å²) in [5.74, 6) is 0.577. The molecule has 0 bridgehead atoms. The lowest BCUT2D eigenvalue weighted by Crippen LogP contribution is -2.14. The zero-order valence-corrected chi connectivity index (χ0v) is 17.4. The summed E-state index contributed by atoms with van der Waals surface area (Å²) < 4.78 is 13.1. The van der Waals surface area contributed by atoms with Crippen molar-refractivity contribution >= 4 is 5.97 Å². The van der Waals surface area contributed by atoms with Crippen molar-refractivity contribution in [1.82, 2.24) is 20.0 Å². The summed E-state index contributed by atoms with van der Waals surface area (Å²) in [5, 5.41) is 12.8. The zero-order valence-electron chi connectivity index (χ0n) is 17.4. The van der Waals surface area contributed by atoms with Crippen LogP contribution in [0.5, 0.6) is 0 Å². The third-order valence-corrected chi connectivity index (χ3v) is 5.30. The molecule has 0 N–H and O–H groups in total. The number of para-hydroxylation sites is 1. The Morgan fingerprint density at radius 1 is 1.10 bits per heavy atom. The standard InChI is InChI=1S/C24H22N4O3/c1-15-8-10-18(11-9-15)23-26-25-22(31-23)16(2)30-24(29)21-14-20(17-12-13-17)27-28(21)19-6-4-3-5-7-19/h3-11,14,16-17H,12-13H2,1-2H3/t16-/m1/s1. The van der Waals surface area contributed by atoms with E-state index in [4.69, 9.17) is 9.15 Å². The smallest absolute Gasteiger partial charge is 0.357 e. The van der Waals surface area contributed by atoms with Gasteiger partial charge in [0.05, 0.1) is 11.4 Å². The number of esters is 1. The van der Waals surface area contributed by atoms with Crippen molar-refractivity contribution in [1.29, 1.82) is 0 Å². The summed E-state index contributed by atoms with van der Waals surface area (Å²) in [5.41, 5.74) is 4.08. The summed E-state index contributed by atoms with van der Waals surface area (Å²) in [4.78, 5) is 13.0. The Morgan fingerprint density at radius 3 is 2.55 bits per heavy atom. The first-order chi connectivity index (χ1) is 15.1. The van der Waals surface area contributed by atoms with Gasteiger partial charge in [0.15, 0.2) is 11.8 Å². The van der Waals surface area contributed by atoms with Gasteiger partial charge in [0.1, 0.15) is 0 Å². The molecule has 0 aliphatic heterocycles. The maximum absolute atomic E-state index is 13.0. The molecule has 0 unspecified atom stereocenters. The van der Waals surface area contributed by atoms with E-state index in [2.05, 4.69) is 15.3 Å². The van der Waals surface area contributed by atoms with E-state index in [0.717, 1.165) is 35.3 Å². The largest absolute Gasteiger partial charge is 0.448 e. The van der Waals surface area contributed by atoms with Crippen LogP contribution >= 0.6 is 0 Å². The van der Waals surface area contributed by atoms with Gasteiger partial charge in [0, 0.05) is 11.5 Å². The maximum Gasteiger partial charge on any atom is 0.357 e. The Labute approximate surface area is 179 Å². The van der Waals surface area contributed by atoms with Crippen LogP contribution in [0.15, 0.2) is 65.1 Å². The fourth-order valence-corrected chi connectivity index (χ4v) is 3.37. The molecule has 1 fully saturated rings. The van der Waals surface area contributed by atoms with E-state index in [0.29, 0.717) is 17.5 Å². The Bertz CT molecular complexity index is 1210. The maximum atomic E-state index is 13.0. The van der Waals surface area contributed by atoms with E-state index >= 15 is 0 Å². The van der Waals surface area contributed by atoms with E-state index < -0.39 is 12.1 Å². The minimum Gasteiger partial charge on any atom is -0.448 e. The highest BCUT2D eigenvalue weighted by atomic mass is 16.6. The third-order valence-electron chi connectivity index (χ3n) is 5.30. The molecule has 0 amide bonds. The summed E-state index contributed by atoms with van der Waals surface area (Å²) >= 11 is 0. The second-order valence-electron chi connectivity index (χ2n) is 7.84. The number of hydrogen-bond acceptors (Lipinski definition) is 6. The highest BCUT2D eigenvalue weighted by molar-refractivity contribution is 5.88. The van der Waals surface area contributed by atoms with E-state index in [9.17, 15) is 4.79 Å². The van der Waals surface area contributed by atoms with Crippen LogP contribution in [0.3, 0.4) is 0 Å². The first-order valence-electron chi connectivity index (χ1n) is 10.4. The Balaban J connectivity index is 1.37. The SMILES string of the molecule is Cc1ccc(-c2nnc([C@@H](C)OC(=O)c3cc(C4CC4)nn3-c3ccccc3)o2)cc1. The minimum atomic E-state index is -0.692. The molecule has 0 radical (unpaired) electrons. The lowest BCUT2D eigenvalue weighted by atomic mass is 10.1. The first kappa shape index (κ1) is 19.2. The Hall–Kier alpha value is -3.74. The van der Waals surface area contributed by atoms with Crippen molar-refractivity contribution in [2.75, 3.05) is 0 Å². The predicted octanol–water partition coefficient (Wildman–Crippen LogP) is 5.03. The molecule has 0 saturated heterocycles. The van der Waals surface area contributed by atoms with Crippen LogP contribution in [0, 0.1) is 6.92 Å². The van der Waals surface area contributed by atoms with Crippen LogP contribution in [0.4, 0.5) is 0 Å². The van der Waals surface area contributed by atoms with Gasteiger partial charge < -0.3 is 9.15 Å². The lowest BCUT2D eigenvalue weighted by Gasteiger charge is -2.11. The van der Waals surface area contributed by atoms with E-state index in [-0.39, 0.29) is 5.89 Å². The van der Waals surface area contributed by atoms with E-state index in [1.807, 2.05) is 67.6 Å². The van der Waals surface area contributed by atoms with Crippen molar-refractivity contribution in [3.8, 4) is 17.1 Å². The first-order valence-corrected chi connectivity index (χ1v) is 10.4. The Morgan fingerprint density at radius 2 is 1.84 bits per heavy atom. The second-order valence-corrected chi connectivity index (χ2v) is 7.84. The molecular formula is C24H22N4O3. The summed E-state index contributed by atoms with van der Waals surface area (Å²) in [6.45, 7) is 3.73. The number of rotatable bonds is 6. The van der Waals surface area contributed by atoms with Crippen molar-refractivity contribution in [3.05, 3.63) is 83.5 Å². The summed E-state index contributed by atoms with van der Waals surface area (Å²) in [6.07, 6.45) is 1.50. The zero-order chi connectivity index (χ0) is 21.4. The molecular weight excluding hydrogens is 392 g/mol. The van der Waals surface area contributed by atoms with Crippen molar-refractivity contribution in [2.24, 2.45) is 0 Å². The molecule has 2 aromatic carbocycles. The van der Waals surface area contributed by atoms with Gasteiger partial charge in [-0.15, -0.1) is 10.2 Å². The van der Waals surface area contributed by atoms with Gasteiger partial charge in [0.2, 0.25) is 5.89 Å². The van der Waals surface area contributed by atoms with Gasteiger partial charge in [0.25, 0.3) is 5.89 Å². The highest BCUT2D eigenvalue weighted by Crippen LogP contribution is 2.40. The summed E-state index contributed by atoms with van der Waals surface area (Å²) in [6, 6.07) is 19.2. The average molecular weight is 414 g/mol. The topological polar surface area (TPSA) is 83.0 Å². The molecule has 2 aromatic heterocycles. The molecule has 1 saturated carbocycles. The monoisotopic (exact) mass is 414 g/mol. The fourth-order valence-electron chi connectivity index (χ4n) is 3.37. The van der Waals surface area contributed by atoms with Crippen LogP contribution < -0.4 is 0 Å². The second kappa shape index (κ2) is 7.83. The Kier molecular flexibility index (Phi) is 4.86. The van der Waals surface area contributed by atoms with Gasteiger partial charge in [-0.1, -0.05) is 35.9 Å². The van der Waals surface area contributed by atoms with Gasteiger partial charge >= 0.3 is 5.97 Å². The van der Waals surface area contributed by atoms with Crippen LogP contribution in [0.25, 0.3) is 17.1 Å². The van der Waals surface area contributed by atoms with Crippen LogP contribution in [0.2, 0.25) is 0 Å². The fraction of sp³-hybridized carbons (Fsp3) is 0.250. The third kappa shape index (κ3) is 3.99. The van der Waals surface area contributed by atoms with Gasteiger partial charge in [-0.05, 0) is 57.0 Å². The molecule has 7 nitrogen and oxygen atoms in total. The van der Waals surface area contributed by atoms with E-state index in [1.165, 1.54) is 0 Å². The van der Waals surface area contributed by atoms with Gasteiger partial charge in [-0.2, -0.15) is 5.10 Å². The molecule has 1 aliphatic rings. The normalized spacial score (nSPS) is 14.4. The molecule has 2 heterocycles. The number of ether oxygens (including phenoxy) is 1. The predicted molar refractivity (Wildman–Crippen MR) is 114 cm³/mol. The number of hydrogen-bond donors (Lipinski definition) is 0. The molecule has 156 valence electrons. The molecule has 4 aromatic rings. The van der Waals surface area contributed by atoms with E-state index in [1.54, 1.807) is 11.6 Å². The van der Waals surface area contributed by atoms with Crippen molar-refractivity contribution in [2.45, 2.75) is 38.7 Å². The molecule has 0 spiro atoms. The van der Waals surface area contributed by atoms with Gasteiger partial charge in [-0.3, -0.25) is 0 Å². The molecule has 1 atom stereocenters. The quantitative estimate of drug-likeness (QED) is 0.412. The number of carbonyl (C=O) groups is 1. The van der Waals surface area contributed by atoms with Gasteiger partial charge in [-0.25, -0.2) is 9.48 Å². The number of aromatic nitrogens is 4. The highest BCUT2D eigenvalue weighted by Gasteiger charge is 2.30. The lowest BCUT2D eigenvalue weighted by molar-refractivity contribution is 0.0269. The minimum absolute atomic E-state index is 0.247. The molecule has 7 heteroatoms. The number of nitrogens with zero attached hydrogens (tertiary/aromatic N) is 4. The molecule has 31 heavy (non-hydrogen) atoms. The van der Waals surface area contributed by atoms with Crippen LogP contribution in [-0.2, 0) is 4.74 Å². The molecule has 1 aliphatic carbocycles. The van der Waals surface area contributed by atoms with Crippen LogP contribution in [-0.4, -0.2) is 25.9 Å². The van der Waals surface area contributed by atoms with Crippen molar-refractivity contribution < 1.29 is 13.9 Å². The number of benzene rings is 2. The van der Waals surface area contributed by atoms with Crippen LogP contribution in [0.1, 0.15) is 59.4 Å². The van der Waals surface area contributed by atoms with Crippen molar-refractivity contribution in [3.63, 3.8) is 0 Å².